The summed E-state index contributed by atoms with van der Waals surface area (Å²) in [6, 6.07) is 0. The zero-order valence-electron chi connectivity index (χ0n) is 10.2. The summed E-state index contributed by atoms with van der Waals surface area (Å²) >= 11 is 1.69. The zero-order chi connectivity index (χ0) is 11.1. The molecule has 0 aliphatic rings. The maximum atomic E-state index is 5.77. The van der Waals surface area contributed by atoms with E-state index in [1.54, 1.807) is 22.5 Å². The van der Waals surface area contributed by atoms with E-state index in [9.17, 15) is 0 Å². The van der Waals surface area contributed by atoms with Crippen LogP contribution in [0.5, 0.6) is 0 Å². The van der Waals surface area contributed by atoms with Crippen LogP contribution in [0.25, 0.3) is 0 Å². The summed E-state index contributed by atoms with van der Waals surface area (Å²) in [4.78, 5) is 0. The van der Waals surface area contributed by atoms with Crippen LogP contribution in [0.3, 0.4) is 0 Å². The molecule has 0 bridgehead atoms. The summed E-state index contributed by atoms with van der Waals surface area (Å²) in [7, 11) is 5.77. The zero-order valence-corrected chi connectivity index (χ0v) is 13.1. The fourth-order valence-electron chi connectivity index (χ4n) is 1.61. The molecule has 4 atom stereocenters. The Balaban J connectivity index is 3.59. The third kappa shape index (κ3) is 8.20. The summed E-state index contributed by atoms with van der Waals surface area (Å²) in [6.45, 7) is 9.22. The van der Waals surface area contributed by atoms with E-state index in [1.165, 1.54) is 25.7 Å². The van der Waals surface area contributed by atoms with Gasteiger partial charge in [0.1, 0.15) is 0 Å². The summed E-state index contributed by atoms with van der Waals surface area (Å²) in [6.07, 6.45) is 5.28. The van der Waals surface area contributed by atoms with Crippen molar-refractivity contribution in [1.29, 1.82) is 0 Å². The summed E-state index contributed by atoms with van der Waals surface area (Å²) in [5.74, 6) is 2.09. The van der Waals surface area contributed by atoms with Gasteiger partial charge in [-0.3, -0.25) is 0 Å². The number of rotatable bonds is 7. The molecule has 0 N–H and O–H groups in total. The van der Waals surface area contributed by atoms with E-state index < -0.39 is 0 Å². The Labute approximate surface area is 105 Å². The minimum atomic E-state index is 0.375. The Hall–Kier alpha value is 0.864. The standard InChI is InChI=1S/C12H24B.Sn/c1-5-6-7-10(2)11(3)8-9-12(4)13;/h5,10-12H,6-9H2,1-4H3;. The summed E-state index contributed by atoms with van der Waals surface area (Å²) < 4.78 is 0.935. The molecule has 0 aliphatic heterocycles. The Bertz CT molecular complexity index is 118. The molecule has 0 amide bonds. The van der Waals surface area contributed by atoms with Crippen LogP contribution in [0.4, 0.5) is 0 Å². The monoisotopic (exact) mass is 299 g/mol. The van der Waals surface area contributed by atoms with Crippen molar-refractivity contribution in [3.8, 4) is 0 Å². The first kappa shape index (κ1) is 14.9. The molecule has 79 valence electrons. The predicted octanol–water partition coefficient (Wildman–Crippen LogP) is 3.77. The van der Waals surface area contributed by atoms with Gasteiger partial charge in [-0.2, -0.15) is 0 Å². The molecule has 0 fully saturated rings. The van der Waals surface area contributed by atoms with Gasteiger partial charge in [-0.25, -0.2) is 0 Å². The van der Waals surface area contributed by atoms with E-state index in [0.29, 0.717) is 5.82 Å². The molecule has 0 nitrogen and oxygen atoms in total. The average molecular weight is 298 g/mol. The van der Waals surface area contributed by atoms with Gasteiger partial charge in [-0.1, -0.05) is 0 Å². The van der Waals surface area contributed by atoms with Crippen LogP contribution in [0.15, 0.2) is 0 Å². The van der Waals surface area contributed by atoms with Crippen LogP contribution >= 0.6 is 0 Å². The van der Waals surface area contributed by atoms with Crippen molar-refractivity contribution in [1.82, 2.24) is 0 Å². The van der Waals surface area contributed by atoms with Crippen molar-refractivity contribution in [2.24, 2.45) is 11.8 Å². The number of hydrogen-bond acceptors (Lipinski definition) is 0. The molecular weight excluding hydrogens is 274 g/mol. The molecule has 0 aromatic heterocycles. The Morgan fingerprint density at radius 3 is 1.64 bits per heavy atom. The molecule has 2 heteroatoms. The van der Waals surface area contributed by atoms with Gasteiger partial charge in [0.05, 0.1) is 0 Å². The van der Waals surface area contributed by atoms with Crippen molar-refractivity contribution >= 4 is 30.4 Å². The van der Waals surface area contributed by atoms with E-state index >= 15 is 0 Å². The van der Waals surface area contributed by atoms with E-state index in [-0.39, 0.29) is 0 Å². The topological polar surface area (TPSA) is 0 Å². The van der Waals surface area contributed by atoms with Crippen LogP contribution in [-0.4, -0.2) is 30.4 Å². The van der Waals surface area contributed by atoms with E-state index in [1.807, 2.05) is 0 Å². The van der Waals surface area contributed by atoms with Crippen LogP contribution in [-0.2, 0) is 0 Å². The predicted molar refractivity (Wildman–Crippen MR) is 67.2 cm³/mol. The van der Waals surface area contributed by atoms with Gasteiger partial charge in [-0.05, 0) is 0 Å². The van der Waals surface area contributed by atoms with Crippen molar-refractivity contribution in [3.05, 3.63) is 0 Å². The van der Waals surface area contributed by atoms with Gasteiger partial charge < -0.3 is 0 Å². The van der Waals surface area contributed by atoms with Crippen LogP contribution in [0.1, 0.15) is 53.4 Å². The Kier molecular flexibility index (Phi) is 8.56. The molecule has 0 spiro atoms. The molecule has 0 rings (SSSR count). The molecule has 0 saturated heterocycles. The van der Waals surface area contributed by atoms with Crippen molar-refractivity contribution in [3.63, 3.8) is 0 Å². The molecule has 0 aliphatic carbocycles. The second kappa shape index (κ2) is 8.07. The van der Waals surface area contributed by atoms with Gasteiger partial charge in [0.15, 0.2) is 0 Å². The fraction of sp³-hybridized carbons (Fsp3) is 1.00. The third-order valence-corrected chi connectivity index (χ3v) is 3.93. The first-order valence-corrected chi connectivity index (χ1v) is 7.55. The normalized spacial score (nSPS) is 20.1. The van der Waals surface area contributed by atoms with E-state index in [4.69, 9.17) is 7.85 Å². The number of hydrogen-bond donors (Lipinski definition) is 0. The molecular formula is C12H24BSn. The second-order valence-electron chi connectivity index (χ2n) is 4.99. The third-order valence-electron chi connectivity index (χ3n) is 3.10. The summed E-state index contributed by atoms with van der Waals surface area (Å²) in [5, 5.41) is 0. The Morgan fingerprint density at radius 1 is 0.857 bits per heavy atom. The van der Waals surface area contributed by atoms with E-state index in [2.05, 4.69) is 27.7 Å². The molecule has 0 aromatic carbocycles. The van der Waals surface area contributed by atoms with Gasteiger partial charge >= 0.3 is 105 Å². The molecule has 0 aromatic rings. The first-order valence-electron chi connectivity index (χ1n) is 5.90. The quantitative estimate of drug-likeness (QED) is 0.628. The van der Waals surface area contributed by atoms with Gasteiger partial charge in [-0.15, -0.1) is 0 Å². The Morgan fingerprint density at radius 2 is 1.29 bits per heavy atom. The molecule has 0 saturated carbocycles. The molecule has 4 unspecified atom stereocenters. The van der Waals surface area contributed by atoms with Gasteiger partial charge in [0, 0.05) is 0 Å². The van der Waals surface area contributed by atoms with Crippen molar-refractivity contribution in [2.45, 2.75) is 63.1 Å². The first-order chi connectivity index (χ1) is 6.43. The summed E-state index contributed by atoms with van der Waals surface area (Å²) in [5.41, 5.74) is 0. The van der Waals surface area contributed by atoms with Crippen molar-refractivity contribution < 1.29 is 0 Å². The van der Waals surface area contributed by atoms with Crippen LogP contribution in [0.2, 0.25) is 9.75 Å². The average Bonchev–Trinajstić information content (AvgIpc) is 2.09. The SMILES string of the molecule is [B]C(C)CCC(C)C(C)CC[CH](C)[Sn]. The molecule has 0 heterocycles. The van der Waals surface area contributed by atoms with E-state index in [0.717, 1.165) is 15.8 Å². The van der Waals surface area contributed by atoms with Crippen molar-refractivity contribution in [2.75, 3.05) is 0 Å². The molecule has 14 heavy (non-hydrogen) atoms. The second-order valence-corrected chi connectivity index (χ2v) is 7.80. The van der Waals surface area contributed by atoms with Gasteiger partial charge in [0.2, 0.25) is 0 Å². The maximum absolute atomic E-state index is 5.77. The van der Waals surface area contributed by atoms with Crippen LogP contribution < -0.4 is 0 Å². The molecule has 5 radical (unpaired) electrons. The van der Waals surface area contributed by atoms with Gasteiger partial charge in [0.25, 0.3) is 0 Å². The van der Waals surface area contributed by atoms with Crippen LogP contribution in [0, 0.1) is 11.8 Å². The minimum absolute atomic E-state index is 0.375. The fourth-order valence-corrected chi connectivity index (χ4v) is 2.08.